The lowest BCUT2D eigenvalue weighted by molar-refractivity contribution is -0.141. The molecule has 1 spiro atoms. The summed E-state index contributed by atoms with van der Waals surface area (Å²) in [6.07, 6.45) is 6.62. The van der Waals surface area contributed by atoms with Crippen LogP contribution in [0.25, 0.3) is 0 Å². The van der Waals surface area contributed by atoms with E-state index < -0.39 is 5.54 Å². The third kappa shape index (κ3) is 2.83. The zero-order chi connectivity index (χ0) is 19.0. The SMILES string of the molecule is CCC(=O)N1CCc2[nH]cnc2C12CCN(C(=O)c1c[nH]c(=O)cn1)CC2. The van der Waals surface area contributed by atoms with Crippen molar-refractivity contribution in [2.75, 3.05) is 19.6 Å². The molecule has 2 aromatic heterocycles. The molecule has 0 aliphatic carbocycles. The van der Waals surface area contributed by atoms with Gasteiger partial charge >= 0.3 is 0 Å². The van der Waals surface area contributed by atoms with Crippen LogP contribution in [0.2, 0.25) is 0 Å². The van der Waals surface area contributed by atoms with Crippen molar-refractivity contribution < 1.29 is 9.59 Å². The molecule has 2 N–H and O–H groups in total. The molecule has 142 valence electrons. The number of fused-ring (bicyclic) bond motifs is 2. The number of carbonyl (C=O) groups excluding carboxylic acids is 2. The molecule has 0 atom stereocenters. The molecule has 2 aliphatic rings. The highest BCUT2D eigenvalue weighted by Gasteiger charge is 2.48. The van der Waals surface area contributed by atoms with Crippen LogP contribution >= 0.6 is 0 Å². The van der Waals surface area contributed by atoms with Gasteiger partial charge in [0.1, 0.15) is 5.69 Å². The third-order valence-corrected chi connectivity index (χ3v) is 5.63. The van der Waals surface area contributed by atoms with Crippen LogP contribution in [-0.2, 0) is 16.8 Å². The maximum absolute atomic E-state index is 12.7. The van der Waals surface area contributed by atoms with E-state index in [2.05, 4.69) is 19.9 Å². The minimum Gasteiger partial charge on any atom is -0.348 e. The second kappa shape index (κ2) is 6.64. The van der Waals surface area contributed by atoms with E-state index in [-0.39, 0.29) is 23.1 Å². The molecule has 1 saturated heterocycles. The lowest BCUT2D eigenvalue weighted by atomic mass is 9.78. The molecular weight excluding hydrogens is 348 g/mol. The van der Waals surface area contributed by atoms with Crippen molar-refractivity contribution in [1.29, 1.82) is 0 Å². The van der Waals surface area contributed by atoms with Gasteiger partial charge in [-0.3, -0.25) is 14.4 Å². The van der Waals surface area contributed by atoms with Gasteiger partial charge in [-0.05, 0) is 12.8 Å². The summed E-state index contributed by atoms with van der Waals surface area (Å²) in [5.74, 6) is -0.0988. The quantitative estimate of drug-likeness (QED) is 0.795. The highest BCUT2D eigenvalue weighted by molar-refractivity contribution is 5.92. The van der Waals surface area contributed by atoms with Crippen molar-refractivity contribution in [2.24, 2.45) is 0 Å². The number of nitrogens with one attached hydrogen (secondary N) is 2. The first-order valence-corrected chi connectivity index (χ1v) is 9.22. The Labute approximate surface area is 155 Å². The average molecular weight is 370 g/mol. The molecule has 4 rings (SSSR count). The normalized spacial score (nSPS) is 18.4. The average Bonchev–Trinajstić information content (AvgIpc) is 3.18. The number of amides is 2. The summed E-state index contributed by atoms with van der Waals surface area (Å²) >= 11 is 0. The van der Waals surface area contributed by atoms with Crippen LogP contribution in [-0.4, -0.2) is 61.2 Å². The van der Waals surface area contributed by atoms with Gasteiger partial charge in [-0.25, -0.2) is 9.97 Å². The fraction of sp³-hybridized carbons (Fsp3) is 0.500. The number of rotatable bonds is 2. The molecule has 27 heavy (non-hydrogen) atoms. The zero-order valence-electron chi connectivity index (χ0n) is 15.2. The van der Waals surface area contributed by atoms with E-state index in [4.69, 9.17) is 0 Å². The Balaban J connectivity index is 1.59. The zero-order valence-corrected chi connectivity index (χ0v) is 15.2. The monoisotopic (exact) mass is 370 g/mol. The molecule has 2 aliphatic heterocycles. The van der Waals surface area contributed by atoms with Gasteiger partial charge in [0, 0.05) is 44.4 Å². The number of H-pyrrole nitrogens is 2. The molecule has 9 nitrogen and oxygen atoms in total. The molecule has 2 aromatic rings. The molecule has 0 saturated carbocycles. The van der Waals surface area contributed by atoms with Crippen LogP contribution in [0.1, 0.15) is 48.1 Å². The first-order chi connectivity index (χ1) is 13.0. The van der Waals surface area contributed by atoms with Crippen molar-refractivity contribution in [2.45, 2.75) is 38.1 Å². The molecule has 2 amide bonds. The molecule has 0 aromatic carbocycles. The summed E-state index contributed by atoms with van der Waals surface area (Å²) in [5.41, 5.74) is 1.43. The van der Waals surface area contributed by atoms with E-state index in [0.717, 1.165) is 24.0 Å². The Morgan fingerprint density at radius 2 is 1.96 bits per heavy atom. The highest BCUT2D eigenvalue weighted by Crippen LogP contribution is 2.42. The Kier molecular flexibility index (Phi) is 4.29. The predicted molar refractivity (Wildman–Crippen MR) is 96.0 cm³/mol. The van der Waals surface area contributed by atoms with Crippen molar-refractivity contribution in [3.8, 4) is 0 Å². The maximum atomic E-state index is 12.7. The van der Waals surface area contributed by atoms with Crippen molar-refractivity contribution in [3.05, 3.63) is 46.2 Å². The van der Waals surface area contributed by atoms with Crippen LogP contribution < -0.4 is 5.56 Å². The Morgan fingerprint density at radius 3 is 2.63 bits per heavy atom. The fourth-order valence-electron chi connectivity index (χ4n) is 4.24. The summed E-state index contributed by atoms with van der Waals surface area (Å²) < 4.78 is 0. The lowest BCUT2D eigenvalue weighted by Gasteiger charge is -2.50. The molecule has 0 radical (unpaired) electrons. The number of aromatic nitrogens is 4. The predicted octanol–water partition coefficient (Wildman–Crippen LogP) is 0.419. The second-order valence-electron chi connectivity index (χ2n) is 7.00. The van der Waals surface area contributed by atoms with Gasteiger partial charge < -0.3 is 19.8 Å². The van der Waals surface area contributed by atoms with Gasteiger partial charge in [0.2, 0.25) is 5.91 Å². The Bertz CT molecular complexity index is 905. The van der Waals surface area contributed by atoms with E-state index in [1.165, 1.54) is 6.20 Å². The van der Waals surface area contributed by atoms with Crippen LogP contribution in [0.4, 0.5) is 0 Å². The topological polar surface area (TPSA) is 115 Å². The summed E-state index contributed by atoms with van der Waals surface area (Å²) in [6.45, 7) is 3.53. The van der Waals surface area contributed by atoms with Crippen molar-refractivity contribution in [1.82, 2.24) is 29.7 Å². The van der Waals surface area contributed by atoms with Crippen LogP contribution in [0.5, 0.6) is 0 Å². The Morgan fingerprint density at radius 1 is 1.19 bits per heavy atom. The minimum atomic E-state index is -0.462. The number of likely N-dealkylation sites (tertiary alicyclic amines) is 1. The van der Waals surface area contributed by atoms with Crippen LogP contribution in [0, 0.1) is 0 Å². The second-order valence-corrected chi connectivity index (χ2v) is 7.00. The van der Waals surface area contributed by atoms with Crippen LogP contribution in [0.3, 0.4) is 0 Å². The van der Waals surface area contributed by atoms with E-state index in [9.17, 15) is 14.4 Å². The van der Waals surface area contributed by atoms with E-state index >= 15 is 0 Å². The molecule has 1 fully saturated rings. The maximum Gasteiger partial charge on any atom is 0.273 e. The van der Waals surface area contributed by atoms with E-state index in [0.29, 0.717) is 38.9 Å². The van der Waals surface area contributed by atoms with Gasteiger partial charge in [-0.2, -0.15) is 0 Å². The minimum absolute atomic E-state index is 0.116. The summed E-state index contributed by atoms with van der Waals surface area (Å²) in [6, 6.07) is 0. The summed E-state index contributed by atoms with van der Waals surface area (Å²) in [7, 11) is 0. The summed E-state index contributed by atoms with van der Waals surface area (Å²) in [5, 5.41) is 0. The summed E-state index contributed by atoms with van der Waals surface area (Å²) in [4.78, 5) is 54.3. The van der Waals surface area contributed by atoms with Crippen LogP contribution in [0.15, 0.2) is 23.5 Å². The number of aromatic amines is 2. The third-order valence-electron chi connectivity index (χ3n) is 5.63. The number of nitrogens with zero attached hydrogens (tertiary/aromatic N) is 4. The van der Waals surface area contributed by atoms with E-state index in [1.54, 1.807) is 11.2 Å². The highest BCUT2D eigenvalue weighted by atomic mass is 16.2. The van der Waals surface area contributed by atoms with E-state index in [1.807, 2.05) is 11.8 Å². The first-order valence-electron chi connectivity index (χ1n) is 9.22. The molecule has 4 heterocycles. The van der Waals surface area contributed by atoms with Gasteiger partial charge in [0.15, 0.2) is 0 Å². The standard InChI is InChI=1S/C18H22N6O3/c1-2-15(26)24-6-3-12-16(22-11-21-12)18(24)4-7-23(8-5-18)17(27)13-9-20-14(25)10-19-13/h9-11H,2-8H2,1H3,(H,20,25)(H,21,22). The number of hydrogen-bond acceptors (Lipinski definition) is 5. The number of hydrogen-bond donors (Lipinski definition) is 2. The largest absolute Gasteiger partial charge is 0.348 e. The lowest BCUT2D eigenvalue weighted by Crippen LogP contribution is -2.58. The number of imidazole rings is 1. The molecule has 9 heteroatoms. The first kappa shape index (κ1) is 17.4. The fourth-order valence-corrected chi connectivity index (χ4v) is 4.24. The van der Waals surface area contributed by atoms with Gasteiger partial charge in [-0.1, -0.05) is 6.92 Å². The van der Waals surface area contributed by atoms with Crippen molar-refractivity contribution >= 4 is 11.8 Å². The molecular formula is C18H22N6O3. The van der Waals surface area contributed by atoms with Gasteiger partial charge in [-0.15, -0.1) is 0 Å². The van der Waals surface area contributed by atoms with Gasteiger partial charge in [0.25, 0.3) is 11.5 Å². The van der Waals surface area contributed by atoms with Gasteiger partial charge in [0.05, 0.1) is 23.8 Å². The molecule has 0 unspecified atom stereocenters. The smallest absolute Gasteiger partial charge is 0.273 e. The number of piperidine rings is 1. The molecule has 0 bridgehead atoms. The van der Waals surface area contributed by atoms with Crippen molar-refractivity contribution in [3.63, 3.8) is 0 Å². The number of carbonyl (C=O) groups is 2. The Hall–Kier alpha value is -2.97.